The molecule has 0 aliphatic carbocycles. The molecule has 0 spiro atoms. The highest BCUT2D eigenvalue weighted by Gasteiger charge is 2.23. The summed E-state index contributed by atoms with van der Waals surface area (Å²) in [4.78, 5) is 11.5. The lowest BCUT2D eigenvalue weighted by Crippen LogP contribution is -2.38. The number of hydrogen-bond acceptors (Lipinski definition) is 4. The molecule has 0 aliphatic heterocycles. The number of amides is 1. The first-order chi connectivity index (χ1) is 8.48. The molecule has 0 unspecified atom stereocenters. The van der Waals surface area contributed by atoms with Gasteiger partial charge in [0.25, 0.3) is 10.0 Å². The number of nitrogens with zero attached hydrogens (tertiary/aromatic N) is 1. The highest BCUT2D eigenvalue weighted by Crippen LogP contribution is 2.19. The second kappa shape index (κ2) is 6.67. The summed E-state index contributed by atoms with van der Waals surface area (Å²) in [5, 5.41) is 4.30. The predicted octanol–water partition coefficient (Wildman–Crippen LogP) is 1.06. The Morgan fingerprint density at radius 1 is 1.61 bits per heavy atom. The summed E-state index contributed by atoms with van der Waals surface area (Å²) in [6, 6.07) is 3.18. The van der Waals surface area contributed by atoms with Crippen LogP contribution in [0, 0.1) is 0 Å². The van der Waals surface area contributed by atoms with Crippen LogP contribution in [-0.2, 0) is 14.8 Å². The highest BCUT2D eigenvalue weighted by atomic mass is 32.2. The van der Waals surface area contributed by atoms with Crippen molar-refractivity contribution in [3.8, 4) is 0 Å². The van der Waals surface area contributed by atoms with Gasteiger partial charge in [-0.2, -0.15) is 4.31 Å². The van der Waals surface area contributed by atoms with Gasteiger partial charge in [0, 0.05) is 13.6 Å². The molecule has 7 heteroatoms. The van der Waals surface area contributed by atoms with E-state index in [0.29, 0.717) is 13.0 Å². The third kappa shape index (κ3) is 3.94. The number of sulfonamides is 1. The topological polar surface area (TPSA) is 66.5 Å². The van der Waals surface area contributed by atoms with Crippen molar-refractivity contribution in [3.05, 3.63) is 30.2 Å². The van der Waals surface area contributed by atoms with E-state index in [0.717, 1.165) is 15.6 Å². The van der Waals surface area contributed by atoms with Gasteiger partial charge in [0.1, 0.15) is 4.21 Å². The maximum Gasteiger partial charge on any atom is 0.252 e. The fourth-order valence-electron chi connectivity index (χ4n) is 1.22. The molecular weight excluding hydrogens is 272 g/mol. The van der Waals surface area contributed by atoms with Gasteiger partial charge in [0.05, 0.1) is 6.54 Å². The number of likely N-dealkylation sites (N-methyl/N-ethyl adjacent to an activating group) is 1. The zero-order chi connectivity index (χ0) is 13.6. The smallest absolute Gasteiger partial charge is 0.252 e. The van der Waals surface area contributed by atoms with Crippen molar-refractivity contribution in [3.63, 3.8) is 0 Å². The number of carbonyl (C=O) groups excluding carboxylic acids is 1. The molecule has 1 N–H and O–H groups in total. The van der Waals surface area contributed by atoms with Gasteiger partial charge in [-0.15, -0.1) is 17.9 Å². The van der Waals surface area contributed by atoms with Crippen LogP contribution in [0.5, 0.6) is 0 Å². The summed E-state index contributed by atoms with van der Waals surface area (Å²) in [6.07, 6.45) is 2.35. The van der Waals surface area contributed by atoms with E-state index < -0.39 is 10.0 Å². The molecule has 0 aliphatic rings. The summed E-state index contributed by atoms with van der Waals surface area (Å²) < 4.78 is 25.3. The van der Waals surface area contributed by atoms with Gasteiger partial charge in [0.2, 0.25) is 5.91 Å². The number of nitrogens with one attached hydrogen (secondary N) is 1. The number of hydrogen-bond donors (Lipinski definition) is 1. The normalized spacial score (nSPS) is 11.4. The molecule has 1 rings (SSSR count). The van der Waals surface area contributed by atoms with Crippen LogP contribution in [0.15, 0.2) is 34.4 Å². The maximum absolute atomic E-state index is 12.0. The molecule has 5 nitrogen and oxygen atoms in total. The lowest BCUT2D eigenvalue weighted by Gasteiger charge is -2.15. The van der Waals surface area contributed by atoms with E-state index in [1.807, 2.05) is 0 Å². The summed E-state index contributed by atoms with van der Waals surface area (Å²) in [7, 11) is -2.16. The standard InChI is InChI=1S/C11H16N2O3S2/c1-3-4-7-12-10(14)9-13(2)18(15,16)11-6-5-8-17-11/h3,5-6,8H,1,4,7,9H2,2H3,(H,12,14). The zero-order valence-corrected chi connectivity index (χ0v) is 11.8. The van der Waals surface area contributed by atoms with E-state index in [1.54, 1.807) is 17.5 Å². The molecule has 1 amide bonds. The summed E-state index contributed by atoms with van der Waals surface area (Å²) in [5.74, 6) is -0.320. The van der Waals surface area contributed by atoms with Crippen molar-refractivity contribution in [2.45, 2.75) is 10.6 Å². The third-order valence-corrected chi connectivity index (χ3v) is 5.37. The molecule has 1 aromatic heterocycles. The lowest BCUT2D eigenvalue weighted by atomic mass is 10.4. The zero-order valence-electron chi connectivity index (χ0n) is 10.1. The van der Waals surface area contributed by atoms with Crippen LogP contribution in [0.25, 0.3) is 0 Å². The second-order valence-electron chi connectivity index (χ2n) is 3.62. The summed E-state index contributed by atoms with van der Waals surface area (Å²) in [6.45, 7) is 3.82. The van der Waals surface area contributed by atoms with Crippen LogP contribution >= 0.6 is 11.3 Å². The first-order valence-corrected chi connectivity index (χ1v) is 7.68. The molecule has 100 valence electrons. The van der Waals surface area contributed by atoms with Crippen molar-refractivity contribution >= 4 is 27.3 Å². The van der Waals surface area contributed by atoms with Gasteiger partial charge in [-0.05, 0) is 17.9 Å². The number of thiophene rings is 1. The Hall–Kier alpha value is -1.18. The summed E-state index contributed by atoms with van der Waals surface area (Å²) >= 11 is 1.13. The van der Waals surface area contributed by atoms with Crippen LogP contribution < -0.4 is 5.32 Å². The number of rotatable bonds is 7. The van der Waals surface area contributed by atoms with Crippen molar-refractivity contribution in [1.29, 1.82) is 0 Å². The van der Waals surface area contributed by atoms with Crippen LogP contribution in [0.2, 0.25) is 0 Å². The van der Waals surface area contributed by atoms with Crippen molar-refractivity contribution in [2.24, 2.45) is 0 Å². The van der Waals surface area contributed by atoms with E-state index in [-0.39, 0.29) is 16.7 Å². The minimum atomic E-state index is -3.55. The van der Waals surface area contributed by atoms with Gasteiger partial charge in [-0.3, -0.25) is 4.79 Å². The molecule has 1 heterocycles. The number of carbonyl (C=O) groups is 1. The van der Waals surface area contributed by atoms with E-state index in [9.17, 15) is 13.2 Å². The predicted molar refractivity (Wildman–Crippen MR) is 72.0 cm³/mol. The minimum Gasteiger partial charge on any atom is -0.355 e. The lowest BCUT2D eigenvalue weighted by molar-refractivity contribution is -0.121. The molecule has 0 aromatic carbocycles. The Kier molecular flexibility index (Phi) is 5.52. The van der Waals surface area contributed by atoms with Gasteiger partial charge in [-0.1, -0.05) is 12.1 Å². The van der Waals surface area contributed by atoms with E-state index in [4.69, 9.17) is 0 Å². The van der Waals surface area contributed by atoms with Gasteiger partial charge in [-0.25, -0.2) is 8.42 Å². The average Bonchev–Trinajstić information content (AvgIpc) is 2.83. The second-order valence-corrected chi connectivity index (χ2v) is 6.84. The first kappa shape index (κ1) is 14.9. The van der Waals surface area contributed by atoms with E-state index >= 15 is 0 Å². The minimum absolute atomic E-state index is 0.183. The Morgan fingerprint density at radius 3 is 2.89 bits per heavy atom. The van der Waals surface area contributed by atoms with Gasteiger partial charge in [0.15, 0.2) is 0 Å². The van der Waals surface area contributed by atoms with Crippen LogP contribution in [0.1, 0.15) is 6.42 Å². The Labute approximate surface area is 111 Å². The van der Waals surface area contributed by atoms with Crippen molar-refractivity contribution in [2.75, 3.05) is 20.1 Å². The van der Waals surface area contributed by atoms with Crippen LogP contribution in [0.4, 0.5) is 0 Å². The fraction of sp³-hybridized carbons (Fsp3) is 0.364. The van der Waals surface area contributed by atoms with Crippen LogP contribution in [-0.4, -0.2) is 38.8 Å². The van der Waals surface area contributed by atoms with Gasteiger partial charge >= 0.3 is 0 Å². The highest BCUT2D eigenvalue weighted by molar-refractivity contribution is 7.91. The monoisotopic (exact) mass is 288 g/mol. The Bertz CT molecular complexity index is 494. The maximum atomic E-state index is 12.0. The molecule has 0 bridgehead atoms. The quantitative estimate of drug-likeness (QED) is 0.602. The molecule has 0 saturated carbocycles. The van der Waals surface area contributed by atoms with Gasteiger partial charge < -0.3 is 5.32 Å². The SMILES string of the molecule is C=CCCNC(=O)CN(C)S(=O)(=O)c1cccs1. The average molecular weight is 288 g/mol. The Morgan fingerprint density at radius 2 is 2.33 bits per heavy atom. The van der Waals surface area contributed by atoms with Crippen LogP contribution in [0.3, 0.4) is 0 Å². The van der Waals surface area contributed by atoms with E-state index in [1.165, 1.54) is 13.1 Å². The van der Waals surface area contributed by atoms with Crippen molar-refractivity contribution < 1.29 is 13.2 Å². The molecular formula is C11H16N2O3S2. The van der Waals surface area contributed by atoms with E-state index in [2.05, 4.69) is 11.9 Å². The molecule has 0 fully saturated rings. The molecule has 18 heavy (non-hydrogen) atoms. The van der Waals surface area contributed by atoms with Crippen molar-refractivity contribution in [1.82, 2.24) is 9.62 Å². The molecule has 1 aromatic rings. The fourth-order valence-corrected chi connectivity index (χ4v) is 3.55. The molecule has 0 radical (unpaired) electrons. The Balaban J connectivity index is 2.57. The molecule has 0 saturated heterocycles. The largest absolute Gasteiger partial charge is 0.355 e. The molecule has 0 atom stereocenters. The summed E-state index contributed by atoms with van der Waals surface area (Å²) in [5.41, 5.74) is 0. The first-order valence-electron chi connectivity index (χ1n) is 5.36. The third-order valence-electron chi connectivity index (χ3n) is 2.20.